The van der Waals surface area contributed by atoms with Crippen LogP contribution in [-0.4, -0.2) is 23.9 Å². The van der Waals surface area contributed by atoms with Crippen LogP contribution in [0.2, 0.25) is 0 Å². The van der Waals surface area contributed by atoms with Gasteiger partial charge in [-0.2, -0.15) is 0 Å². The average molecular weight is 231 g/mol. The molecule has 1 fully saturated rings. The fraction of sp³-hybridized carbons (Fsp3) is 0.533. The summed E-state index contributed by atoms with van der Waals surface area (Å²) >= 11 is 0. The van der Waals surface area contributed by atoms with E-state index in [1.807, 2.05) is 4.90 Å². The number of nitrogens with zero attached hydrogens (tertiary/aromatic N) is 1. The SMILES string of the molecule is CC(=O)N1CCC(CCc2ccccc2)CC1. The molecule has 92 valence electrons. The van der Waals surface area contributed by atoms with E-state index in [2.05, 4.69) is 30.3 Å². The number of hydrogen-bond acceptors (Lipinski definition) is 1. The maximum Gasteiger partial charge on any atom is 0.219 e. The molecule has 0 aromatic heterocycles. The summed E-state index contributed by atoms with van der Waals surface area (Å²) in [5.74, 6) is 1.03. The summed E-state index contributed by atoms with van der Waals surface area (Å²) in [7, 11) is 0. The molecule has 1 saturated heterocycles. The fourth-order valence-corrected chi connectivity index (χ4v) is 2.55. The minimum Gasteiger partial charge on any atom is -0.343 e. The van der Waals surface area contributed by atoms with Crippen molar-refractivity contribution < 1.29 is 4.79 Å². The van der Waals surface area contributed by atoms with E-state index in [1.165, 1.54) is 31.2 Å². The van der Waals surface area contributed by atoms with Crippen LogP contribution < -0.4 is 0 Å². The maximum absolute atomic E-state index is 11.2. The highest BCUT2D eigenvalue weighted by atomic mass is 16.2. The Labute approximate surface area is 104 Å². The van der Waals surface area contributed by atoms with E-state index < -0.39 is 0 Å². The number of likely N-dealkylation sites (tertiary alicyclic amines) is 1. The fourth-order valence-electron chi connectivity index (χ4n) is 2.55. The van der Waals surface area contributed by atoms with Crippen molar-refractivity contribution in [3.8, 4) is 0 Å². The lowest BCUT2D eigenvalue weighted by Gasteiger charge is -2.31. The second-order valence-electron chi connectivity index (χ2n) is 4.97. The second-order valence-corrected chi connectivity index (χ2v) is 4.97. The predicted octanol–water partition coefficient (Wildman–Crippen LogP) is 2.88. The van der Waals surface area contributed by atoms with Gasteiger partial charge in [-0.05, 0) is 37.2 Å². The largest absolute Gasteiger partial charge is 0.343 e. The Morgan fingerprint density at radius 3 is 2.47 bits per heavy atom. The van der Waals surface area contributed by atoms with Gasteiger partial charge in [0.25, 0.3) is 0 Å². The molecule has 1 heterocycles. The van der Waals surface area contributed by atoms with Crippen molar-refractivity contribution in [2.45, 2.75) is 32.6 Å². The summed E-state index contributed by atoms with van der Waals surface area (Å²) in [5.41, 5.74) is 1.43. The predicted molar refractivity (Wildman–Crippen MR) is 69.7 cm³/mol. The van der Waals surface area contributed by atoms with Crippen LogP contribution in [0.15, 0.2) is 30.3 Å². The highest BCUT2D eigenvalue weighted by Gasteiger charge is 2.20. The Hall–Kier alpha value is -1.31. The summed E-state index contributed by atoms with van der Waals surface area (Å²) in [4.78, 5) is 13.2. The molecule has 2 rings (SSSR count). The molecule has 0 atom stereocenters. The van der Waals surface area contributed by atoms with Gasteiger partial charge in [-0.25, -0.2) is 0 Å². The molecule has 0 spiro atoms. The summed E-state index contributed by atoms with van der Waals surface area (Å²) in [6.45, 7) is 3.58. The molecule has 17 heavy (non-hydrogen) atoms. The van der Waals surface area contributed by atoms with E-state index in [-0.39, 0.29) is 5.91 Å². The van der Waals surface area contributed by atoms with Crippen LogP contribution in [0.25, 0.3) is 0 Å². The molecule has 1 aromatic rings. The van der Waals surface area contributed by atoms with Gasteiger partial charge in [0, 0.05) is 20.0 Å². The van der Waals surface area contributed by atoms with Crippen LogP contribution in [0.4, 0.5) is 0 Å². The van der Waals surface area contributed by atoms with Crippen LogP contribution in [0.3, 0.4) is 0 Å². The van der Waals surface area contributed by atoms with Crippen LogP contribution >= 0.6 is 0 Å². The lowest BCUT2D eigenvalue weighted by atomic mass is 9.90. The molecule has 0 N–H and O–H groups in total. The van der Waals surface area contributed by atoms with Crippen molar-refractivity contribution in [3.05, 3.63) is 35.9 Å². The summed E-state index contributed by atoms with van der Waals surface area (Å²) in [6.07, 6.45) is 4.78. The first-order valence-electron chi connectivity index (χ1n) is 6.55. The summed E-state index contributed by atoms with van der Waals surface area (Å²) in [5, 5.41) is 0. The van der Waals surface area contributed by atoms with Gasteiger partial charge in [0.1, 0.15) is 0 Å². The molecule has 1 aliphatic rings. The van der Waals surface area contributed by atoms with Gasteiger partial charge < -0.3 is 4.90 Å². The van der Waals surface area contributed by atoms with Gasteiger partial charge in [0.05, 0.1) is 0 Å². The van der Waals surface area contributed by atoms with E-state index in [1.54, 1.807) is 6.92 Å². The maximum atomic E-state index is 11.2. The number of rotatable bonds is 3. The molecule has 0 aliphatic carbocycles. The standard InChI is InChI=1S/C15H21NO/c1-13(17)16-11-9-15(10-12-16)8-7-14-5-3-2-4-6-14/h2-6,15H,7-12H2,1H3. The van der Waals surface area contributed by atoms with E-state index in [4.69, 9.17) is 0 Å². The Morgan fingerprint density at radius 1 is 1.24 bits per heavy atom. The number of aryl methyl sites for hydroxylation is 1. The highest BCUT2D eigenvalue weighted by Crippen LogP contribution is 2.22. The molecule has 1 aromatic carbocycles. The third-order valence-corrected chi connectivity index (χ3v) is 3.74. The molecule has 0 radical (unpaired) electrons. The third kappa shape index (κ3) is 3.58. The number of benzene rings is 1. The van der Waals surface area contributed by atoms with Crippen molar-refractivity contribution in [1.82, 2.24) is 4.90 Å². The molecular weight excluding hydrogens is 210 g/mol. The van der Waals surface area contributed by atoms with Gasteiger partial charge in [0.2, 0.25) is 5.91 Å². The van der Waals surface area contributed by atoms with E-state index in [0.29, 0.717) is 0 Å². The molecule has 0 bridgehead atoms. The summed E-state index contributed by atoms with van der Waals surface area (Å²) < 4.78 is 0. The first-order valence-corrected chi connectivity index (χ1v) is 6.55. The van der Waals surface area contributed by atoms with Crippen LogP contribution in [-0.2, 0) is 11.2 Å². The van der Waals surface area contributed by atoms with E-state index in [9.17, 15) is 4.79 Å². The van der Waals surface area contributed by atoms with Crippen molar-refractivity contribution in [2.24, 2.45) is 5.92 Å². The van der Waals surface area contributed by atoms with Crippen molar-refractivity contribution in [1.29, 1.82) is 0 Å². The Kier molecular flexibility index (Phi) is 4.18. The quantitative estimate of drug-likeness (QED) is 0.783. The topological polar surface area (TPSA) is 20.3 Å². The van der Waals surface area contributed by atoms with Crippen molar-refractivity contribution in [2.75, 3.05) is 13.1 Å². The van der Waals surface area contributed by atoms with E-state index in [0.717, 1.165) is 19.0 Å². The lowest BCUT2D eigenvalue weighted by Crippen LogP contribution is -2.37. The van der Waals surface area contributed by atoms with Gasteiger partial charge in [-0.1, -0.05) is 30.3 Å². The zero-order valence-electron chi connectivity index (χ0n) is 10.6. The molecule has 0 saturated carbocycles. The van der Waals surface area contributed by atoms with Gasteiger partial charge in [0.15, 0.2) is 0 Å². The smallest absolute Gasteiger partial charge is 0.219 e. The Bertz CT molecular complexity index is 352. The van der Waals surface area contributed by atoms with Crippen molar-refractivity contribution in [3.63, 3.8) is 0 Å². The molecule has 1 amide bonds. The van der Waals surface area contributed by atoms with Gasteiger partial charge >= 0.3 is 0 Å². The highest BCUT2D eigenvalue weighted by molar-refractivity contribution is 5.73. The van der Waals surface area contributed by atoms with Crippen LogP contribution in [0.1, 0.15) is 31.7 Å². The average Bonchev–Trinajstić information content (AvgIpc) is 2.38. The van der Waals surface area contributed by atoms with Crippen LogP contribution in [0.5, 0.6) is 0 Å². The van der Waals surface area contributed by atoms with Gasteiger partial charge in [-0.15, -0.1) is 0 Å². The number of carbonyl (C=O) groups excluding carboxylic acids is 1. The number of hydrogen-bond donors (Lipinski definition) is 0. The Morgan fingerprint density at radius 2 is 1.88 bits per heavy atom. The minimum atomic E-state index is 0.228. The molecule has 1 aliphatic heterocycles. The zero-order chi connectivity index (χ0) is 12.1. The first kappa shape index (κ1) is 12.2. The van der Waals surface area contributed by atoms with Gasteiger partial charge in [-0.3, -0.25) is 4.79 Å². The normalized spacial score (nSPS) is 17.1. The third-order valence-electron chi connectivity index (χ3n) is 3.74. The second kappa shape index (κ2) is 5.85. The molecular formula is C15H21NO. The minimum absolute atomic E-state index is 0.228. The first-order chi connectivity index (χ1) is 8.25. The molecule has 2 heteroatoms. The Balaban J connectivity index is 1.74. The van der Waals surface area contributed by atoms with E-state index >= 15 is 0 Å². The van der Waals surface area contributed by atoms with Crippen LogP contribution in [0, 0.1) is 5.92 Å². The monoisotopic (exact) mass is 231 g/mol. The number of piperidine rings is 1. The lowest BCUT2D eigenvalue weighted by molar-refractivity contribution is -0.130. The zero-order valence-corrected chi connectivity index (χ0v) is 10.6. The summed E-state index contributed by atoms with van der Waals surface area (Å²) in [6, 6.07) is 10.7. The number of amides is 1. The molecule has 0 unspecified atom stereocenters. The number of carbonyl (C=O) groups is 1. The van der Waals surface area contributed by atoms with Crippen molar-refractivity contribution >= 4 is 5.91 Å². The molecule has 2 nitrogen and oxygen atoms in total.